The lowest BCUT2D eigenvalue weighted by molar-refractivity contribution is 0.694. The second kappa shape index (κ2) is 5.65. The first-order valence-corrected chi connectivity index (χ1v) is 6.25. The second-order valence-corrected chi connectivity index (χ2v) is 4.44. The van der Waals surface area contributed by atoms with Gasteiger partial charge in [0.15, 0.2) is 0 Å². The van der Waals surface area contributed by atoms with Crippen LogP contribution in [0.2, 0.25) is 0 Å². The van der Waals surface area contributed by atoms with Crippen molar-refractivity contribution in [2.75, 3.05) is 5.32 Å². The van der Waals surface area contributed by atoms with Gasteiger partial charge in [0.05, 0.1) is 0 Å². The Morgan fingerprint density at radius 1 is 1.28 bits per heavy atom. The van der Waals surface area contributed by atoms with Gasteiger partial charge >= 0.3 is 0 Å². The largest absolute Gasteiger partial charge is 0.340 e. The number of nitrogens with two attached hydrogens (primary N) is 1. The lowest BCUT2D eigenvalue weighted by Gasteiger charge is -2.13. The SMILES string of the molecule is CC[C@@H](N)c1cnc(Nc2ccccc2)c(C)c1. The number of para-hydroxylation sites is 1. The molecule has 0 saturated carbocycles. The fraction of sp³-hybridized carbons (Fsp3) is 0.267. The highest BCUT2D eigenvalue weighted by molar-refractivity contribution is 5.59. The van der Waals surface area contributed by atoms with E-state index in [4.69, 9.17) is 5.73 Å². The molecule has 0 radical (unpaired) electrons. The molecule has 0 aliphatic rings. The molecule has 1 aromatic heterocycles. The van der Waals surface area contributed by atoms with E-state index in [-0.39, 0.29) is 6.04 Å². The van der Waals surface area contributed by atoms with Gasteiger partial charge in [0.25, 0.3) is 0 Å². The maximum absolute atomic E-state index is 6.01. The van der Waals surface area contributed by atoms with Gasteiger partial charge in [-0.1, -0.05) is 25.1 Å². The molecule has 1 aromatic carbocycles. The van der Waals surface area contributed by atoms with Crippen molar-refractivity contribution in [2.45, 2.75) is 26.3 Å². The molecule has 2 rings (SSSR count). The number of nitrogens with one attached hydrogen (secondary N) is 1. The summed E-state index contributed by atoms with van der Waals surface area (Å²) in [6, 6.07) is 12.2. The van der Waals surface area contributed by atoms with Crippen LogP contribution in [-0.2, 0) is 0 Å². The van der Waals surface area contributed by atoms with Gasteiger partial charge in [-0.25, -0.2) is 4.98 Å². The van der Waals surface area contributed by atoms with Gasteiger partial charge in [-0.3, -0.25) is 0 Å². The van der Waals surface area contributed by atoms with E-state index in [0.29, 0.717) is 0 Å². The highest BCUT2D eigenvalue weighted by atomic mass is 15.0. The lowest BCUT2D eigenvalue weighted by atomic mass is 10.1. The number of aromatic nitrogens is 1. The summed E-state index contributed by atoms with van der Waals surface area (Å²) in [5.41, 5.74) is 9.25. The minimum atomic E-state index is 0.0713. The molecule has 3 N–H and O–H groups in total. The third-order valence-corrected chi connectivity index (χ3v) is 3.00. The van der Waals surface area contributed by atoms with Crippen LogP contribution in [0.5, 0.6) is 0 Å². The molecule has 0 fully saturated rings. The molecular formula is C15H19N3. The maximum atomic E-state index is 6.01. The first-order chi connectivity index (χ1) is 8.70. The molecule has 1 atom stereocenters. The van der Waals surface area contributed by atoms with Crippen LogP contribution >= 0.6 is 0 Å². The van der Waals surface area contributed by atoms with Crippen LogP contribution in [0, 0.1) is 6.92 Å². The predicted molar refractivity (Wildman–Crippen MR) is 75.9 cm³/mol. The average Bonchev–Trinajstić information content (AvgIpc) is 2.41. The summed E-state index contributed by atoms with van der Waals surface area (Å²) in [5, 5.41) is 3.30. The molecule has 3 heteroatoms. The normalized spacial score (nSPS) is 12.2. The van der Waals surface area contributed by atoms with Crippen molar-refractivity contribution in [3.05, 3.63) is 53.7 Å². The molecule has 0 saturated heterocycles. The molecule has 1 heterocycles. The molecule has 0 spiro atoms. The van der Waals surface area contributed by atoms with Crippen molar-refractivity contribution in [2.24, 2.45) is 5.73 Å². The minimum Gasteiger partial charge on any atom is -0.340 e. The van der Waals surface area contributed by atoms with Crippen molar-refractivity contribution >= 4 is 11.5 Å². The number of rotatable bonds is 4. The Balaban J connectivity index is 2.20. The Hall–Kier alpha value is -1.87. The number of hydrogen-bond acceptors (Lipinski definition) is 3. The van der Waals surface area contributed by atoms with Crippen LogP contribution in [0.1, 0.15) is 30.5 Å². The molecule has 3 nitrogen and oxygen atoms in total. The summed E-state index contributed by atoms with van der Waals surface area (Å²) in [6.07, 6.45) is 2.78. The molecular weight excluding hydrogens is 222 g/mol. The van der Waals surface area contributed by atoms with Crippen LogP contribution in [0.25, 0.3) is 0 Å². The molecule has 0 unspecified atom stereocenters. The van der Waals surface area contributed by atoms with Crippen LogP contribution in [0.4, 0.5) is 11.5 Å². The Kier molecular flexibility index (Phi) is 3.95. The standard InChI is InChI=1S/C15H19N3/c1-3-14(16)12-9-11(2)15(17-10-12)18-13-7-5-4-6-8-13/h4-10,14H,3,16H2,1-2H3,(H,17,18)/t14-/m1/s1. The van der Waals surface area contributed by atoms with Crippen molar-refractivity contribution in [1.82, 2.24) is 4.98 Å². The van der Waals surface area contributed by atoms with E-state index >= 15 is 0 Å². The van der Waals surface area contributed by atoms with E-state index in [2.05, 4.69) is 23.3 Å². The Labute approximate surface area is 108 Å². The van der Waals surface area contributed by atoms with Gasteiger partial charge in [0.2, 0.25) is 0 Å². The minimum absolute atomic E-state index is 0.0713. The fourth-order valence-electron chi connectivity index (χ4n) is 1.82. The number of pyridine rings is 1. The zero-order chi connectivity index (χ0) is 13.0. The third-order valence-electron chi connectivity index (χ3n) is 3.00. The summed E-state index contributed by atoms with van der Waals surface area (Å²) < 4.78 is 0. The molecule has 2 aromatic rings. The van der Waals surface area contributed by atoms with Crippen molar-refractivity contribution in [1.29, 1.82) is 0 Å². The van der Waals surface area contributed by atoms with E-state index in [1.165, 1.54) is 0 Å². The topological polar surface area (TPSA) is 50.9 Å². The maximum Gasteiger partial charge on any atom is 0.133 e. The Morgan fingerprint density at radius 2 is 2.00 bits per heavy atom. The van der Waals surface area contributed by atoms with E-state index in [1.54, 1.807) is 0 Å². The quantitative estimate of drug-likeness (QED) is 0.860. The van der Waals surface area contributed by atoms with Crippen molar-refractivity contribution in [3.63, 3.8) is 0 Å². The van der Waals surface area contributed by atoms with Gasteiger partial charge in [-0.15, -0.1) is 0 Å². The summed E-state index contributed by atoms with van der Waals surface area (Å²) in [7, 11) is 0. The van der Waals surface area contributed by atoms with Gasteiger partial charge < -0.3 is 11.1 Å². The zero-order valence-corrected chi connectivity index (χ0v) is 10.9. The molecule has 0 bridgehead atoms. The van der Waals surface area contributed by atoms with E-state index in [1.807, 2.05) is 43.5 Å². The van der Waals surface area contributed by atoms with E-state index in [9.17, 15) is 0 Å². The van der Waals surface area contributed by atoms with Crippen LogP contribution in [0.15, 0.2) is 42.6 Å². The summed E-state index contributed by atoms with van der Waals surface area (Å²) in [5.74, 6) is 0.883. The molecule has 94 valence electrons. The molecule has 0 aliphatic heterocycles. The second-order valence-electron chi connectivity index (χ2n) is 4.44. The van der Waals surface area contributed by atoms with Crippen LogP contribution < -0.4 is 11.1 Å². The van der Waals surface area contributed by atoms with Gasteiger partial charge in [-0.2, -0.15) is 0 Å². The van der Waals surface area contributed by atoms with Crippen molar-refractivity contribution < 1.29 is 0 Å². The number of benzene rings is 1. The van der Waals surface area contributed by atoms with Crippen LogP contribution in [0.3, 0.4) is 0 Å². The van der Waals surface area contributed by atoms with Gasteiger partial charge in [0.1, 0.15) is 5.82 Å². The van der Waals surface area contributed by atoms with Crippen molar-refractivity contribution in [3.8, 4) is 0 Å². The van der Waals surface area contributed by atoms with E-state index in [0.717, 1.165) is 29.1 Å². The molecule has 18 heavy (non-hydrogen) atoms. The Morgan fingerprint density at radius 3 is 2.61 bits per heavy atom. The number of aryl methyl sites for hydroxylation is 1. The van der Waals surface area contributed by atoms with E-state index < -0.39 is 0 Å². The van der Waals surface area contributed by atoms with Gasteiger partial charge in [-0.05, 0) is 42.7 Å². The average molecular weight is 241 g/mol. The van der Waals surface area contributed by atoms with Gasteiger partial charge in [0, 0.05) is 17.9 Å². The first kappa shape index (κ1) is 12.6. The number of nitrogens with zero attached hydrogens (tertiary/aromatic N) is 1. The highest BCUT2D eigenvalue weighted by Crippen LogP contribution is 2.21. The van der Waals surface area contributed by atoms with Crippen LogP contribution in [-0.4, -0.2) is 4.98 Å². The molecule has 0 amide bonds. The predicted octanol–water partition coefficient (Wildman–Crippen LogP) is 3.54. The summed E-state index contributed by atoms with van der Waals surface area (Å²) >= 11 is 0. The number of hydrogen-bond donors (Lipinski definition) is 2. The smallest absolute Gasteiger partial charge is 0.133 e. The summed E-state index contributed by atoms with van der Waals surface area (Å²) in [6.45, 7) is 4.13. The zero-order valence-electron chi connectivity index (χ0n) is 10.9. The highest BCUT2D eigenvalue weighted by Gasteiger charge is 2.07. The summed E-state index contributed by atoms with van der Waals surface area (Å²) in [4.78, 5) is 4.45. The fourth-order valence-corrected chi connectivity index (χ4v) is 1.82. The third kappa shape index (κ3) is 2.87. The monoisotopic (exact) mass is 241 g/mol. The number of anilines is 2. The first-order valence-electron chi connectivity index (χ1n) is 6.25. The Bertz CT molecular complexity index is 508. The lowest BCUT2D eigenvalue weighted by Crippen LogP contribution is -2.10. The molecule has 0 aliphatic carbocycles.